The first kappa shape index (κ1) is 15.5. The van der Waals surface area contributed by atoms with Gasteiger partial charge >= 0.3 is 0 Å². The third kappa shape index (κ3) is 3.40. The van der Waals surface area contributed by atoms with Crippen LogP contribution in [-0.2, 0) is 6.42 Å². The van der Waals surface area contributed by atoms with Gasteiger partial charge < -0.3 is 9.84 Å². The zero-order valence-electron chi connectivity index (χ0n) is 10.7. The number of aliphatic hydroxyl groups is 1. The van der Waals surface area contributed by atoms with Gasteiger partial charge in [0.25, 0.3) is 0 Å². The first-order valence-corrected chi connectivity index (χ1v) is 7.56. The molecular formula is C15H13Br2FO2. The van der Waals surface area contributed by atoms with Crippen molar-refractivity contribution in [2.75, 3.05) is 7.11 Å². The van der Waals surface area contributed by atoms with Gasteiger partial charge in [-0.05, 0) is 51.3 Å². The minimum Gasteiger partial charge on any atom is -0.496 e. The van der Waals surface area contributed by atoms with E-state index < -0.39 is 6.10 Å². The zero-order chi connectivity index (χ0) is 14.7. The van der Waals surface area contributed by atoms with Crippen molar-refractivity contribution in [1.82, 2.24) is 0 Å². The highest BCUT2D eigenvalue weighted by atomic mass is 79.9. The lowest BCUT2D eigenvalue weighted by Crippen LogP contribution is -2.05. The lowest BCUT2D eigenvalue weighted by atomic mass is 10.0. The summed E-state index contributed by atoms with van der Waals surface area (Å²) in [5.74, 6) is 0.308. The molecule has 106 valence electrons. The van der Waals surface area contributed by atoms with Gasteiger partial charge in [-0.2, -0.15) is 0 Å². The molecular weight excluding hydrogens is 391 g/mol. The smallest absolute Gasteiger partial charge is 0.137 e. The standard InChI is InChI=1S/C15H13Br2FO2/c1-20-14-6-5-10(16)7-9(14)8-13(19)11-3-2-4-12(18)15(11)17/h2-7,13,19H,8H2,1H3. The average Bonchev–Trinajstić information content (AvgIpc) is 2.42. The molecule has 0 bridgehead atoms. The van der Waals surface area contributed by atoms with E-state index in [0.717, 1.165) is 10.0 Å². The molecule has 2 aromatic carbocycles. The molecule has 1 atom stereocenters. The average molecular weight is 404 g/mol. The van der Waals surface area contributed by atoms with Gasteiger partial charge in [-0.1, -0.05) is 28.1 Å². The van der Waals surface area contributed by atoms with Crippen LogP contribution in [0, 0.1) is 5.82 Å². The summed E-state index contributed by atoms with van der Waals surface area (Å²) in [6, 6.07) is 10.2. The molecule has 0 aliphatic rings. The number of methoxy groups -OCH3 is 1. The van der Waals surface area contributed by atoms with Crippen LogP contribution >= 0.6 is 31.9 Å². The van der Waals surface area contributed by atoms with Crippen LogP contribution in [0.15, 0.2) is 45.3 Å². The molecule has 0 radical (unpaired) electrons. The molecule has 2 rings (SSSR count). The molecule has 0 heterocycles. The number of halogens is 3. The van der Waals surface area contributed by atoms with Crippen LogP contribution < -0.4 is 4.74 Å². The first-order chi connectivity index (χ1) is 9.52. The summed E-state index contributed by atoms with van der Waals surface area (Å²) in [7, 11) is 1.58. The predicted octanol–water partition coefficient (Wildman–Crippen LogP) is 4.64. The van der Waals surface area contributed by atoms with Crippen LogP contribution in [0.1, 0.15) is 17.2 Å². The van der Waals surface area contributed by atoms with Gasteiger partial charge in [0.05, 0.1) is 17.7 Å². The summed E-state index contributed by atoms with van der Waals surface area (Å²) < 4.78 is 20.0. The summed E-state index contributed by atoms with van der Waals surface area (Å²) in [4.78, 5) is 0. The van der Waals surface area contributed by atoms with Crippen molar-refractivity contribution in [2.45, 2.75) is 12.5 Å². The number of hydrogen-bond acceptors (Lipinski definition) is 2. The molecule has 0 saturated heterocycles. The second kappa shape index (κ2) is 6.70. The molecule has 0 saturated carbocycles. The van der Waals surface area contributed by atoms with E-state index in [1.165, 1.54) is 6.07 Å². The van der Waals surface area contributed by atoms with E-state index in [1.54, 1.807) is 19.2 Å². The third-order valence-electron chi connectivity index (χ3n) is 3.00. The number of rotatable bonds is 4. The van der Waals surface area contributed by atoms with E-state index in [2.05, 4.69) is 31.9 Å². The van der Waals surface area contributed by atoms with E-state index >= 15 is 0 Å². The molecule has 0 amide bonds. The molecule has 0 fully saturated rings. The van der Waals surface area contributed by atoms with Crippen LogP contribution in [0.25, 0.3) is 0 Å². The third-order valence-corrected chi connectivity index (χ3v) is 4.33. The molecule has 2 nitrogen and oxygen atoms in total. The number of benzene rings is 2. The second-order valence-corrected chi connectivity index (χ2v) is 6.03. The van der Waals surface area contributed by atoms with E-state index in [-0.39, 0.29) is 5.82 Å². The van der Waals surface area contributed by atoms with E-state index in [0.29, 0.717) is 22.2 Å². The Morgan fingerprint density at radius 3 is 2.70 bits per heavy atom. The normalized spacial score (nSPS) is 12.2. The van der Waals surface area contributed by atoms with Crippen molar-refractivity contribution in [1.29, 1.82) is 0 Å². The fourth-order valence-electron chi connectivity index (χ4n) is 2.00. The number of hydrogen-bond donors (Lipinski definition) is 1. The summed E-state index contributed by atoms with van der Waals surface area (Å²) in [6.45, 7) is 0. The van der Waals surface area contributed by atoms with E-state index in [9.17, 15) is 9.50 Å². The highest BCUT2D eigenvalue weighted by molar-refractivity contribution is 9.10. The topological polar surface area (TPSA) is 29.5 Å². The van der Waals surface area contributed by atoms with Gasteiger partial charge in [0.1, 0.15) is 11.6 Å². The van der Waals surface area contributed by atoms with Crippen LogP contribution in [0.2, 0.25) is 0 Å². The summed E-state index contributed by atoms with van der Waals surface area (Å²) in [5.41, 5.74) is 1.37. The molecule has 20 heavy (non-hydrogen) atoms. The lowest BCUT2D eigenvalue weighted by Gasteiger charge is -2.15. The van der Waals surface area contributed by atoms with Crippen molar-refractivity contribution >= 4 is 31.9 Å². The molecule has 2 aromatic rings. The Bertz CT molecular complexity index is 617. The van der Waals surface area contributed by atoms with Crippen molar-refractivity contribution < 1.29 is 14.2 Å². The summed E-state index contributed by atoms with van der Waals surface area (Å²) >= 11 is 6.56. The van der Waals surface area contributed by atoms with Gasteiger partial charge in [-0.25, -0.2) is 4.39 Å². The lowest BCUT2D eigenvalue weighted by molar-refractivity contribution is 0.176. The van der Waals surface area contributed by atoms with Gasteiger partial charge in [-0.15, -0.1) is 0 Å². The largest absolute Gasteiger partial charge is 0.496 e. The van der Waals surface area contributed by atoms with Crippen molar-refractivity contribution in [3.63, 3.8) is 0 Å². The summed E-state index contributed by atoms with van der Waals surface area (Å²) in [5, 5.41) is 10.3. The van der Waals surface area contributed by atoms with Gasteiger partial charge in [-0.3, -0.25) is 0 Å². The second-order valence-electron chi connectivity index (χ2n) is 4.32. The first-order valence-electron chi connectivity index (χ1n) is 5.97. The Morgan fingerprint density at radius 1 is 1.25 bits per heavy atom. The minimum atomic E-state index is -0.816. The fraction of sp³-hybridized carbons (Fsp3) is 0.200. The Balaban J connectivity index is 2.30. The Kier molecular flexibility index (Phi) is 5.18. The van der Waals surface area contributed by atoms with Crippen molar-refractivity contribution in [3.05, 3.63) is 62.3 Å². The van der Waals surface area contributed by atoms with Crippen LogP contribution in [0.3, 0.4) is 0 Å². The maximum absolute atomic E-state index is 13.5. The van der Waals surface area contributed by atoms with Crippen LogP contribution in [0.5, 0.6) is 5.75 Å². The van der Waals surface area contributed by atoms with Crippen molar-refractivity contribution in [3.8, 4) is 5.75 Å². The highest BCUT2D eigenvalue weighted by Gasteiger charge is 2.16. The molecule has 5 heteroatoms. The zero-order valence-corrected chi connectivity index (χ0v) is 13.9. The van der Waals surface area contributed by atoms with E-state index in [1.807, 2.05) is 18.2 Å². The van der Waals surface area contributed by atoms with Gasteiger partial charge in [0.15, 0.2) is 0 Å². The molecule has 0 aromatic heterocycles. The maximum atomic E-state index is 13.5. The van der Waals surface area contributed by atoms with Crippen molar-refractivity contribution in [2.24, 2.45) is 0 Å². The molecule has 0 aliphatic heterocycles. The molecule has 0 aliphatic carbocycles. The molecule has 0 spiro atoms. The SMILES string of the molecule is COc1ccc(Br)cc1CC(O)c1cccc(F)c1Br. The summed E-state index contributed by atoms with van der Waals surface area (Å²) in [6.07, 6.45) is -0.478. The minimum absolute atomic E-state index is 0.293. The Labute approximate surface area is 133 Å². The highest BCUT2D eigenvalue weighted by Crippen LogP contribution is 2.31. The van der Waals surface area contributed by atoms with Crippen LogP contribution in [0.4, 0.5) is 4.39 Å². The molecule has 1 unspecified atom stereocenters. The maximum Gasteiger partial charge on any atom is 0.137 e. The van der Waals surface area contributed by atoms with E-state index in [4.69, 9.17) is 4.74 Å². The van der Waals surface area contributed by atoms with Gasteiger partial charge in [0, 0.05) is 10.9 Å². The Hall–Kier alpha value is -0.910. The van der Waals surface area contributed by atoms with Gasteiger partial charge in [0.2, 0.25) is 0 Å². The number of ether oxygens (including phenoxy) is 1. The quantitative estimate of drug-likeness (QED) is 0.805. The predicted molar refractivity (Wildman–Crippen MR) is 83.5 cm³/mol. The monoisotopic (exact) mass is 402 g/mol. The fourth-order valence-corrected chi connectivity index (χ4v) is 2.94. The molecule has 1 N–H and O–H groups in total. The Morgan fingerprint density at radius 2 is 2.00 bits per heavy atom. The van der Waals surface area contributed by atoms with Crippen LogP contribution in [-0.4, -0.2) is 12.2 Å². The number of aliphatic hydroxyl groups excluding tert-OH is 1.